The van der Waals surface area contributed by atoms with Gasteiger partial charge in [0.15, 0.2) is 0 Å². The van der Waals surface area contributed by atoms with Crippen molar-refractivity contribution in [3.8, 4) is 17.2 Å². The third-order valence-corrected chi connectivity index (χ3v) is 5.96. The van der Waals surface area contributed by atoms with Crippen molar-refractivity contribution in [2.24, 2.45) is 0 Å². The van der Waals surface area contributed by atoms with Gasteiger partial charge in [-0.15, -0.1) is 0 Å². The molecule has 0 amide bonds. The van der Waals surface area contributed by atoms with Crippen molar-refractivity contribution in [1.82, 2.24) is 9.88 Å². The zero-order chi connectivity index (χ0) is 31.1. The minimum atomic E-state index is -1.18. The number of likely N-dealkylation sites (tertiary alicyclic amines) is 1. The summed E-state index contributed by atoms with van der Waals surface area (Å²) in [6, 6.07) is 21.7. The molecule has 0 bridgehead atoms. The summed E-state index contributed by atoms with van der Waals surface area (Å²) in [7, 11) is 2.19. The van der Waals surface area contributed by atoms with Gasteiger partial charge in [-0.25, -0.2) is 14.4 Å². The van der Waals surface area contributed by atoms with Gasteiger partial charge in [-0.3, -0.25) is 9.88 Å². The number of hydrogen-bond acceptors (Lipinski definition) is 8. The predicted octanol–water partition coefficient (Wildman–Crippen LogP) is 3.85. The van der Waals surface area contributed by atoms with E-state index >= 15 is 0 Å². The van der Waals surface area contributed by atoms with E-state index < -0.39 is 29.4 Å². The van der Waals surface area contributed by atoms with Gasteiger partial charge >= 0.3 is 34.7 Å². The summed E-state index contributed by atoms with van der Waals surface area (Å²) < 4.78 is 0. The van der Waals surface area contributed by atoms with E-state index in [2.05, 4.69) is 23.0 Å². The summed E-state index contributed by atoms with van der Waals surface area (Å²) in [5.74, 6) is -4.56. The number of para-hydroxylation sites is 3. The summed E-state index contributed by atoms with van der Waals surface area (Å²) in [6.07, 6.45) is 6.41. The molecule has 1 fully saturated rings. The fourth-order valence-corrected chi connectivity index (χ4v) is 3.85. The van der Waals surface area contributed by atoms with Gasteiger partial charge < -0.3 is 30.6 Å². The molecule has 1 aliphatic heterocycles. The first-order chi connectivity index (χ1) is 20.0. The molecular formula is C31H30CoN2O9. The Morgan fingerprint density at radius 1 is 0.744 bits per heavy atom. The number of carbonyl (C=O) groups is 3. The SMILES string of the molecule is CN1CCCC1c1cccnc1.O=C(O)c1ccccc1O.O=C(O)c1ccccc1[O-].O=C(O)c1ccccc1[O-].[Co+2]. The number of carboxylic acid groups (broad SMARTS) is 3. The first-order valence-corrected chi connectivity index (χ1v) is 12.6. The largest absolute Gasteiger partial charge is 2.00 e. The molecule has 4 aromatic rings. The van der Waals surface area contributed by atoms with Crippen molar-refractivity contribution in [2.45, 2.75) is 18.9 Å². The second-order valence-corrected chi connectivity index (χ2v) is 8.85. The van der Waals surface area contributed by atoms with E-state index in [-0.39, 0.29) is 39.2 Å². The normalized spacial score (nSPS) is 13.3. The Bertz CT molecular complexity index is 1340. The van der Waals surface area contributed by atoms with Crippen LogP contribution in [0.4, 0.5) is 0 Å². The van der Waals surface area contributed by atoms with Gasteiger partial charge in [0.05, 0.1) is 11.1 Å². The summed E-state index contributed by atoms with van der Waals surface area (Å²) >= 11 is 0. The summed E-state index contributed by atoms with van der Waals surface area (Å²) in [5, 5.41) is 55.4. The van der Waals surface area contributed by atoms with Crippen LogP contribution in [-0.4, -0.2) is 61.8 Å². The molecule has 2 heterocycles. The number of phenols is 1. The van der Waals surface area contributed by atoms with E-state index in [9.17, 15) is 24.6 Å². The Morgan fingerprint density at radius 2 is 1.21 bits per heavy atom. The average molecular weight is 634 g/mol. The Hall–Kier alpha value is -4.91. The molecule has 3 aromatic carbocycles. The van der Waals surface area contributed by atoms with Crippen molar-refractivity contribution in [2.75, 3.05) is 13.6 Å². The summed E-state index contributed by atoms with van der Waals surface area (Å²) in [6.45, 7) is 1.22. The van der Waals surface area contributed by atoms with Crippen LogP contribution < -0.4 is 10.2 Å². The van der Waals surface area contributed by atoms with E-state index in [4.69, 9.17) is 20.4 Å². The van der Waals surface area contributed by atoms with Gasteiger partial charge in [0.1, 0.15) is 11.3 Å². The summed E-state index contributed by atoms with van der Waals surface area (Å²) in [5.41, 5.74) is 0.935. The molecule has 4 N–H and O–H groups in total. The molecule has 1 saturated heterocycles. The topological polar surface area (TPSA) is 194 Å². The zero-order valence-corrected chi connectivity index (χ0v) is 24.0. The van der Waals surface area contributed by atoms with Crippen LogP contribution in [0.25, 0.3) is 0 Å². The molecule has 227 valence electrons. The number of hydrogen-bond donors (Lipinski definition) is 4. The van der Waals surface area contributed by atoms with E-state index in [1.54, 1.807) is 12.1 Å². The van der Waals surface area contributed by atoms with Crippen LogP contribution in [0.15, 0.2) is 97.3 Å². The van der Waals surface area contributed by atoms with Gasteiger partial charge in [-0.2, -0.15) is 0 Å². The van der Waals surface area contributed by atoms with Crippen LogP contribution in [-0.2, 0) is 16.8 Å². The zero-order valence-electron chi connectivity index (χ0n) is 23.0. The first-order valence-electron chi connectivity index (χ1n) is 12.6. The van der Waals surface area contributed by atoms with Crippen molar-refractivity contribution in [3.63, 3.8) is 0 Å². The van der Waals surface area contributed by atoms with Gasteiger partial charge in [-0.1, -0.05) is 66.1 Å². The van der Waals surface area contributed by atoms with Gasteiger partial charge in [0.25, 0.3) is 0 Å². The van der Waals surface area contributed by atoms with Gasteiger partial charge in [0, 0.05) is 18.4 Å². The number of aromatic hydroxyl groups is 1. The van der Waals surface area contributed by atoms with E-state index in [1.807, 2.05) is 18.5 Å². The number of pyridine rings is 1. The number of nitrogens with zero attached hydrogens (tertiary/aromatic N) is 2. The maximum atomic E-state index is 10.7. The van der Waals surface area contributed by atoms with Gasteiger partial charge in [0.2, 0.25) is 0 Å². The van der Waals surface area contributed by atoms with Crippen LogP contribution in [0, 0.1) is 0 Å². The monoisotopic (exact) mass is 633 g/mol. The number of benzene rings is 3. The molecule has 1 unspecified atom stereocenters. The fraction of sp³-hybridized carbons (Fsp3) is 0.161. The average Bonchev–Trinajstić information content (AvgIpc) is 3.40. The van der Waals surface area contributed by atoms with Crippen molar-refractivity contribution >= 4 is 17.9 Å². The number of aromatic nitrogens is 1. The van der Waals surface area contributed by atoms with Crippen molar-refractivity contribution < 1.29 is 61.8 Å². The van der Waals surface area contributed by atoms with Crippen LogP contribution in [0.1, 0.15) is 55.5 Å². The molecule has 0 spiro atoms. The summed E-state index contributed by atoms with van der Waals surface area (Å²) in [4.78, 5) is 37.2. The van der Waals surface area contributed by atoms with Crippen molar-refractivity contribution in [3.05, 3.63) is 120 Å². The minimum absolute atomic E-state index is 0. The molecule has 0 saturated carbocycles. The molecule has 43 heavy (non-hydrogen) atoms. The number of aromatic carboxylic acids is 3. The van der Waals surface area contributed by atoms with Gasteiger partial charge in [-0.05, 0) is 62.3 Å². The second-order valence-electron chi connectivity index (χ2n) is 8.85. The Labute approximate surface area is 258 Å². The molecule has 1 aliphatic rings. The van der Waals surface area contributed by atoms with Crippen LogP contribution in [0.3, 0.4) is 0 Å². The van der Waals surface area contributed by atoms with Crippen LogP contribution >= 0.6 is 0 Å². The third kappa shape index (κ3) is 11.8. The second kappa shape index (κ2) is 18.5. The van der Waals surface area contributed by atoms with Crippen molar-refractivity contribution in [1.29, 1.82) is 0 Å². The van der Waals surface area contributed by atoms with Crippen LogP contribution in [0.2, 0.25) is 0 Å². The number of rotatable bonds is 4. The molecule has 1 aromatic heterocycles. The molecule has 11 nitrogen and oxygen atoms in total. The van der Waals surface area contributed by atoms with E-state index in [0.717, 1.165) is 0 Å². The minimum Gasteiger partial charge on any atom is -0.872 e. The fourth-order valence-electron chi connectivity index (χ4n) is 3.85. The Morgan fingerprint density at radius 3 is 1.53 bits per heavy atom. The standard InChI is InChI=1S/C10H14N2.3C7H6O3.Co/c1-12-7-3-5-10(12)9-4-2-6-11-8-9;3*8-6-4-2-1-3-5(6)7(9)10;/h2,4,6,8,10H,3,5,7H2,1H3;3*1-4,8H,(H,9,10);/q;;;;+2/p-2. The molecule has 0 aliphatic carbocycles. The van der Waals surface area contributed by atoms with E-state index in [0.29, 0.717) is 6.04 Å². The van der Waals surface area contributed by atoms with E-state index in [1.165, 1.54) is 85.6 Å². The Balaban J connectivity index is 0.000000286. The maximum absolute atomic E-state index is 10.7. The molecular weight excluding hydrogens is 603 g/mol. The number of carboxylic acids is 3. The quantitative estimate of drug-likeness (QED) is 0.255. The molecule has 1 radical (unpaired) electrons. The predicted molar refractivity (Wildman–Crippen MR) is 150 cm³/mol. The molecule has 1 atom stereocenters. The van der Waals surface area contributed by atoms with Crippen LogP contribution in [0.5, 0.6) is 17.2 Å². The Kier molecular flexibility index (Phi) is 15.5. The molecule has 12 heteroatoms. The first kappa shape index (κ1) is 36.1. The maximum Gasteiger partial charge on any atom is 2.00 e. The molecule has 5 rings (SSSR count). The third-order valence-electron chi connectivity index (χ3n) is 5.96. The smallest absolute Gasteiger partial charge is 0.872 e.